The van der Waals surface area contributed by atoms with Crippen LogP contribution in [0.25, 0.3) is 0 Å². The second-order valence-electron chi connectivity index (χ2n) is 5.42. The molecule has 1 aliphatic heterocycles. The third-order valence-corrected chi connectivity index (χ3v) is 3.28. The zero-order chi connectivity index (χ0) is 13.8. The van der Waals surface area contributed by atoms with Gasteiger partial charge >= 0.3 is 0 Å². The lowest BCUT2D eigenvalue weighted by atomic mass is 10.2. The molecule has 1 amide bonds. The van der Waals surface area contributed by atoms with Crippen LogP contribution in [0.2, 0.25) is 0 Å². The molecule has 5 nitrogen and oxygen atoms in total. The van der Waals surface area contributed by atoms with Gasteiger partial charge in [-0.3, -0.25) is 14.5 Å². The standard InChI is InChI=1S/C14H21N3O2/c1-11(2)10-16-6-8-17(9-7-16)14(19)12-4-3-5-13(18)15-12/h3-5,11H,6-10H2,1-2H3,(H,15,18). The van der Waals surface area contributed by atoms with Crippen molar-refractivity contribution >= 4 is 5.91 Å². The van der Waals surface area contributed by atoms with Crippen molar-refractivity contribution in [3.63, 3.8) is 0 Å². The average Bonchev–Trinajstić information content (AvgIpc) is 2.38. The van der Waals surface area contributed by atoms with Crippen LogP contribution in [0, 0.1) is 5.92 Å². The summed E-state index contributed by atoms with van der Waals surface area (Å²) in [6.45, 7) is 8.73. The summed E-state index contributed by atoms with van der Waals surface area (Å²) >= 11 is 0. The average molecular weight is 263 g/mol. The number of amides is 1. The van der Waals surface area contributed by atoms with E-state index < -0.39 is 0 Å². The fraction of sp³-hybridized carbons (Fsp3) is 0.571. The van der Waals surface area contributed by atoms with Gasteiger partial charge in [0.25, 0.3) is 5.91 Å². The van der Waals surface area contributed by atoms with Crippen molar-refractivity contribution in [2.45, 2.75) is 13.8 Å². The first kappa shape index (κ1) is 13.8. The van der Waals surface area contributed by atoms with Gasteiger partial charge in [-0.05, 0) is 12.0 Å². The highest BCUT2D eigenvalue weighted by Crippen LogP contribution is 2.08. The Morgan fingerprint density at radius 2 is 1.95 bits per heavy atom. The van der Waals surface area contributed by atoms with E-state index >= 15 is 0 Å². The summed E-state index contributed by atoms with van der Waals surface area (Å²) < 4.78 is 0. The lowest BCUT2D eigenvalue weighted by molar-refractivity contribution is 0.0618. The van der Waals surface area contributed by atoms with Gasteiger partial charge in [0.1, 0.15) is 5.69 Å². The number of aromatic amines is 1. The van der Waals surface area contributed by atoms with E-state index in [9.17, 15) is 9.59 Å². The van der Waals surface area contributed by atoms with Crippen molar-refractivity contribution in [3.05, 3.63) is 34.2 Å². The van der Waals surface area contributed by atoms with Gasteiger partial charge in [0.2, 0.25) is 5.56 Å². The van der Waals surface area contributed by atoms with Crippen molar-refractivity contribution in [2.75, 3.05) is 32.7 Å². The van der Waals surface area contributed by atoms with Crippen LogP contribution >= 0.6 is 0 Å². The van der Waals surface area contributed by atoms with Gasteiger partial charge in [0, 0.05) is 38.8 Å². The van der Waals surface area contributed by atoms with E-state index in [0.29, 0.717) is 11.6 Å². The largest absolute Gasteiger partial charge is 0.335 e. The fourth-order valence-electron chi connectivity index (χ4n) is 2.39. The van der Waals surface area contributed by atoms with Crippen molar-refractivity contribution in [1.82, 2.24) is 14.8 Å². The maximum Gasteiger partial charge on any atom is 0.270 e. The number of carbonyl (C=O) groups excluding carboxylic acids is 1. The van der Waals surface area contributed by atoms with E-state index in [1.54, 1.807) is 12.1 Å². The molecule has 1 aromatic heterocycles. The zero-order valence-corrected chi connectivity index (χ0v) is 11.6. The molecular formula is C14H21N3O2. The second-order valence-corrected chi connectivity index (χ2v) is 5.42. The molecule has 19 heavy (non-hydrogen) atoms. The summed E-state index contributed by atoms with van der Waals surface area (Å²) in [5.74, 6) is 0.564. The predicted molar refractivity (Wildman–Crippen MR) is 74.2 cm³/mol. The lowest BCUT2D eigenvalue weighted by Gasteiger charge is -2.35. The second kappa shape index (κ2) is 6.02. The molecule has 0 atom stereocenters. The maximum absolute atomic E-state index is 12.2. The van der Waals surface area contributed by atoms with E-state index in [4.69, 9.17) is 0 Å². The first-order valence-corrected chi connectivity index (χ1v) is 6.77. The number of aromatic nitrogens is 1. The molecule has 2 rings (SSSR count). The van der Waals surface area contributed by atoms with Gasteiger partial charge < -0.3 is 9.88 Å². The van der Waals surface area contributed by atoms with Gasteiger partial charge in [-0.2, -0.15) is 0 Å². The van der Waals surface area contributed by atoms with Crippen LogP contribution in [0.1, 0.15) is 24.3 Å². The molecule has 104 valence electrons. The van der Waals surface area contributed by atoms with Crippen LogP contribution in [0.3, 0.4) is 0 Å². The van der Waals surface area contributed by atoms with Crippen molar-refractivity contribution in [1.29, 1.82) is 0 Å². The van der Waals surface area contributed by atoms with Gasteiger partial charge in [0.05, 0.1) is 0 Å². The molecule has 0 spiro atoms. The van der Waals surface area contributed by atoms with Crippen LogP contribution in [0.5, 0.6) is 0 Å². The SMILES string of the molecule is CC(C)CN1CCN(C(=O)c2cccc(=O)[nH]2)CC1. The van der Waals surface area contributed by atoms with Crippen molar-refractivity contribution in [3.8, 4) is 0 Å². The Morgan fingerprint density at radius 3 is 2.53 bits per heavy atom. The number of piperazine rings is 1. The highest BCUT2D eigenvalue weighted by Gasteiger charge is 2.22. The normalized spacial score (nSPS) is 16.9. The minimum absolute atomic E-state index is 0.0816. The maximum atomic E-state index is 12.2. The van der Waals surface area contributed by atoms with E-state index in [-0.39, 0.29) is 11.5 Å². The van der Waals surface area contributed by atoms with E-state index in [1.807, 2.05) is 4.90 Å². The van der Waals surface area contributed by atoms with Crippen molar-refractivity contribution in [2.24, 2.45) is 5.92 Å². The molecule has 5 heteroatoms. The number of hydrogen-bond acceptors (Lipinski definition) is 3. The molecule has 2 heterocycles. The summed E-state index contributed by atoms with van der Waals surface area (Å²) in [4.78, 5) is 30.2. The molecule has 1 aliphatic rings. The quantitative estimate of drug-likeness (QED) is 0.877. The molecule has 0 aliphatic carbocycles. The molecule has 1 saturated heterocycles. The van der Waals surface area contributed by atoms with Crippen LogP contribution < -0.4 is 5.56 Å². The molecular weight excluding hydrogens is 242 g/mol. The highest BCUT2D eigenvalue weighted by molar-refractivity contribution is 5.92. The lowest BCUT2D eigenvalue weighted by Crippen LogP contribution is -2.49. The summed E-state index contributed by atoms with van der Waals surface area (Å²) in [5.41, 5.74) is 0.147. The third-order valence-electron chi connectivity index (χ3n) is 3.28. The summed E-state index contributed by atoms with van der Waals surface area (Å²) in [6, 6.07) is 4.68. The van der Waals surface area contributed by atoms with Crippen LogP contribution in [-0.2, 0) is 0 Å². The molecule has 0 saturated carbocycles. The first-order valence-electron chi connectivity index (χ1n) is 6.77. The molecule has 0 aromatic carbocycles. The van der Waals surface area contributed by atoms with E-state index in [1.165, 1.54) is 6.07 Å². The molecule has 0 unspecified atom stereocenters. The number of hydrogen-bond donors (Lipinski definition) is 1. The van der Waals surface area contributed by atoms with Gasteiger partial charge in [-0.15, -0.1) is 0 Å². The van der Waals surface area contributed by atoms with Gasteiger partial charge in [-0.1, -0.05) is 19.9 Å². The Bertz CT molecular complexity index is 487. The zero-order valence-electron chi connectivity index (χ0n) is 11.6. The number of H-pyrrole nitrogens is 1. The fourth-order valence-corrected chi connectivity index (χ4v) is 2.39. The van der Waals surface area contributed by atoms with E-state index in [0.717, 1.165) is 32.7 Å². The minimum Gasteiger partial charge on any atom is -0.335 e. The molecule has 0 bridgehead atoms. The number of carbonyl (C=O) groups is 1. The van der Waals surface area contributed by atoms with Crippen LogP contribution in [0.4, 0.5) is 0 Å². The number of nitrogens with one attached hydrogen (secondary N) is 1. The Morgan fingerprint density at radius 1 is 1.26 bits per heavy atom. The van der Waals surface area contributed by atoms with Crippen LogP contribution in [-0.4, -0.2) is 53.4 Å². The third kappa shape index (κ3) is 3.67. The summed E-state index contributed by atoms with van der Waals surface area (Å²) in [7, 11) is 0. The highest BCUT2D eigenvalue weighted by atomic mass is 16.2. The van der Waals surface area contributed by atoms with E-state index in [2.05, 4.69) is 23.7 Å². The Balaban J connectivity index is 1.94. The topological polar surface area (TPSA) is 56.4 Å². The predicted octanol–water partition coefficient (Wildman–Crippen LogP) is 0.789. The minimum atomic E-state index is -0.232. The molecule has 0 radical (unpaired) electrons. The molecule has 1 aromatic rings. The van der Waals surface area contributed by atoms with Crippen LogP contribution in [0.15, 0.2) is 23.0 Å². The Kier molecular flexibility index (Phi) is 4.37. The number of rotatable bonds is 3. The van der Waals surface area contributed by atoms with Gasteiger partial charge in [-0.25, -0.2) is 0 Å². The molecule has 1 N–H and O–H groups in total. The number of pyridine rings is 1. The van der Waals surface area contributed by atoms with Crippen molar-refractivity contribution < 1.29 is 4.79 Å². The monoisotopic (exact) mass is 263 g/mol. The smallest absolute Gasteiger partial charge is 0.270 e. The summed E-state index contributed by atoms with van der Waals surface area (Å²) in [5, 5.41) is 0. The molecule has 1 fully saturated rings. The Hall–Kier alpha value is -1.62. The first-order chi connectivity index (χ1) is 9.06. The van der Waals surface area contributed by atoms with Gasteiger partial charge in [0.15, 0.2) is 0 Å². The Labute approximate surface area is 113 Å². The summed E-state index contributed by atoms with van der Waals surface area (Å²) in [6.07, 6.45) is 0. The number of nitrogens with zero attached hydrogens (tertiary/aromatic N) is 2.